The summed E-state index contributed by atoms with van der Waals surface area (Å²) in [5.41, 5.74) is 22.5. The first-order valence-electron chi connectivity index (χ1n) is 47.5. The molecule has 0 bridgehead atoms. The van der Waals surface area contributed by atoms with Crippen molar-refractivity contribution in [1.82, 2.24) is 63.5 Å². The molecule has 0 saturated carbocycles. The van der Waals surface area contributed by atoms with Crippen molar-refractivity contribution in [2.75, 3.05) is 7.11 Å². The van der Waals surface area contributed by atoms with E-state index in [9.17, 15) is 0 Å². The molecule has 10 heterocycles. The van der Waals surface area contributed by atoms with Crippen LogP contribution in [-0.4, -0.2) is 70.7 Å². The molecule has 28 rings (SSSR count). The van der Waals surface area contributed by atoms with Gasteiger partial charge in [0, 0.05) is 138 Å². The fourth-order valence-electron chi connectivity index (χ4n) is 20.1. The molecule has 10 aromatic heterocycles. The maximum atomic E-state index is 5.70. The Kier molecular flexibility index (Phi) is 21.6. The summed E-state index contributed by atoms with van der Waals surface area (Å²) in [6.07, 6.45) is 6.08. The molecule has 0 aliphatic rings. The van der Waals surface area contributed by atoms with Crippen molar-refractivity contribution in [3.05, 3.63) is 455 Å². The van der Waals surface area contributed by atoms with E-state index in [0.29, 0.717) is 52.8 Å². The van der Waals surface area contributed by atoms with Crippen molar-refractivity contribution >= 4 is 166 Å². The van der Waals surface area contributed by atoms with Gasteiger partial charge in [-0.1, -0.05) is 376 Å². The zero-order chi connectivity index (χ0) is 95.0. The number of aromatic nitrogens is 13. The molecule has 0 N–H and O–H groups in total. The van der Waals surface area contributed by atoms with E-state index in [2.05, 4.69) is 323 Å². The maximum absolute atomic E-state index is 5.70. The number of fused-ring (bicyclic) bond motifs is 21. The zero-order valence-corrected chi connectivity index (χ0v) is 79.7. The van der Waals surface area contributed by atoms with Crippen LogP contribution in [0.2, 0.25) is 0 Å². The Morgan fingerprint density at radius 1 is 0.238 bits per heavy atom. The Morgan fingerprint density at radius 3 is 0.853 bits per heavy atom. The highest BCUT2D eigenvalue weighted by Crippen LogP contribution is 2.51. The normalized spacial score (nSPS) is 11.7. The van der Waals surface area contributed by atoms with Gasteiger partial charge in [0.15, 0.2) is 34.9 Å². The molecule has 17 heteroatoms. The minimum Gasteiger partial charge on any atom is -0.497 e. The van der Waals surface area contributed by atoms with Crippen LogP contribution >= 0.6 is 34.0 Å². The van der Waals surface area contributed by atoms with Crippen LogP contribution in [0.25, 0.3) is 263 Å². The zero-order valence-electron chi connectivity index (χ0n) is 77.2. The SMILES string of the molecule is C/C=C/c1ccc2c(c1)c1ccc3sc4c(-c5ccccc5)cccc4c3c1n2-c1nc(-c2ccccc2)nc(-c2ccccc2)n1.COc1ccc2c(c1)c1ccc3sc4c(-c5ccccc5)cccc4c3c1n2-c1nc(-c2ccccc2)nc(-c2ccccc2)n1.c1ccc(-c2nc(-c3ccccc3)nc(-n3c4ccc(-c5ccccn5)cc4c4ccc5sc6c(-c7ccccc7)cccc6c5c43)n2)cc1. The highest BCUT2D eigenvalue weighted by molar-refractivity contribution is 7.27. The monoisotopic (exact) mass is 1890 g/mol. The fourth-order valence-corrected chi connectivity index (χ4v) is 23.9. The molecule has 14 nitrogen and oxygen atoms in total. The van der Waals surface area contributed by atoms with Crippen molar-refractivity contribution in [2.45, 2.75) is 6.92 Å². The van der Waals surface area contributed by atoms with E-state index in [1.165, 1.54) is 105 Å². The van der Waals surface area contributed by atoms with Crippen LogP contribution in [0.1, 0.15) is 12.5 Å². The average Bonchev–Trinajstić information content (AvgIpc) is 1.56. The largest absolute Gasteiger partial charge is 0.497 e. The van der Waals surface area contributed by atoms with E-state index < -0.39 is 0 Å². The predicted molar refractivity (Wildman–Crippen MR) is 595 cm³/mol. The molecule has 0 aliphatic carbocycles. The lowest BCUT2D eigenvalue weighted by atomic mass is 10.0. The number of benzene rings is 18. The molecule has 0 spiro atoms. The van der Waals surface area contributed by atoms with Crippen LogP contribution in [-0.2, 0) is 0 Å². The molecule has 0 fully saturated rings. The molecule has 28 aromatic rings. The Bertz CT molecular complexity index is 9640. The lowest BCUT2D eigenvalue weighted by Gasteiger charge is -2.11. The van der Waals surface area contributed by atoms with Gasteiger partial charge in [0.25, 0.3) is 0 Å². The Balaban J connectivity index is 0.000000110. The van der Waals surface area contributed by atoms with Crippen LogP contribution in [0, 0.1) is 0 Å². The second kappa shape index (κ2) is 36.3. The lowest BCUT2D eigenvalue weighted by Crippen LogP contribution is -2.06. The van der Waals surface area contributed by atoms with E-state index in [0.717, 1.165) is 111 Å². The second-order valence-corrected chi connectivity index (χ2v) is 38.3. The summed E-state index contributed by atoms with van der Waals surface area (Å²) in [4.78, 5) is 50.8. The smallest absolute Gasteiger partial charge is 0.238 e. The topological polar surface area (TPSA) is 153 Å². The molecular formula is C126H81N13OS3. The van der Waals surface area contributed by atoms with Gasteiger partial charge in [-0.15, -0.1) is 34.0 Å². The van der Waals surface area contributed by atoms with E-state index >= 15 is 0 Å². The number of nitrogens with zero attached hydrogens (tertiary/aromatic N) is 13. The van der Waals surface area contributed by atoms with Crippen molar-refractivity contribution in [2.24, 2.45) is 0 Å². The third kappa shape index (κ3) is 15.3. The highest BCUT2D eigenvalue weighted by atomic mass is 32.1. The number of allylic oxidation sites excluding steroid dienone is 1. The minimum absolute atomic E-state index is 0.573. The van der Waals surface area contributed by atoms with Gasteiger partial charge in [-0.05, 0) is 119 Å². The lowest BCUT2D eigenvalue weighted by molar-refractivity contribution is 0.415. The first-order valence-corrected chi connectivity index (χ1v) is 49.9. The first kappa shape index (κ1) is 85.2. The van der Waals surface area contributed by atoms with Gasteiger partial charge < -0.3 is 4.74 Å². The van der Waals surface area contributed by atoms with Gasteiger partial charge in [0.2, 0.25) is 17.8 Å². The van der Waals surface area contributed by atoms with Crippen molar-refractivity contribution < 1.29 is 4.74 Å². The van der Waals surface area contributed by atoms with Crippen LogP contribution in [0.4, 0.5) is 0 Å². The molecule has 0 unspecified atom stereocenters. The molecule has 18 aromatic carbocycles. The first-order chi connectivity index (χ1) is 70.8. The van der Waals surface area contributed by atoms with Crippen LogP contribution in [0.3, 0.4) is 0 Å². The molecule has 0 radical (unpaired) electrons. The summed E-state index contributed by atoms with van der Waals surface area (Å²) in [6, 6.07) is 152. The molecule has 143 heavy (non-hydrogen) atoms. The van der Waals surface area contributed by atoms with E-state index in [1.807, 2.05) is 192 Å². The number of thiophene rings is 3. The number of pyridine rings is 1. The van der Waals surface area contributed by atoms with Gasteiger partial charge in [-0.3, -0.25) is 18.7 Å². The van der Waals surface area contributed by atoms with Gasteiger partial charge >= 0.3 is 0 Å². The average molecular weight is 1890 g/mol. The minimum atomic E-state index is 0.573. The number of rotatable bonds is 15. The van der Waals surface area contributed by atoms with Crippen LogP contribution < -0.4 is 4.74 Å². The fraction of sp³-hybridized carbons (Fsp3) is 0.0159. The van der Waals surface area contributed by atoms with Crippen LogP contribution in [0.5, 0.6) is 5.75 Å². The standard InChI is InChI=1S/C44H27N5S.C42H28N4S.C40H26N4OS/c1-4-13-28(14-5-1)32-19-12-20-34-39-38(50-41(32)34)25-23-33-35-27-31(36-21-10-11-26-45-36)22-24-37(35)49(40(33)39)44-47-42(29-15-6-2-7-16-29)46-43(48-44)30-17-8-3-9-18-30;1-2-13-27-22-24-35-34(26-27)32-23-25-36-37(33-21-12-20-31(39(33)47-36)28-14-6-3-7-15-28)38(32)46(35)42-44-40(29-16-8-4-9-17-29)43-41(45-42)30-18-10-5-11-19-30;1-45-28-20-22-33-32(24-28)30-21-23-34-35(31-19-11-18-29(37(31)46-34)25-12-5-2-6-13-25)36(30)44(33)40-42-38(26-14-7-3-8-15-26)41-39(43-40)27-16-9-4-10-17-27/h1-27H;2-26H,1H3;2-24H,1H3/b;13-2+;. The Hall–Kier alpha value is -18.3. The Labute approximate surface area is 833 Å². The summed E-state index contributed by atoms with van der Waals surface area (Å²) in [5, 5.41) is 14.0. The second-order valence-electron chi connectivity index (χ2n) is 35.1. The van der Waals surface area contributed by atoms with E-state index in [4.69, 9.17) is 49.6 Å². The van der Waals surface area contributed by atoms with Crippen molar-refractivity contribution in [3.63, 3.8) is 0 Å². The molecule has 0 amide bonds. The Morgan fingerprint density at radius 2 is 0.538 bits per heavy atom. The summed E-state index contributed by atoms with van der Waals surface area (Å²) in [5.74, 6) is 6.35. The van der Waals surface area contributed by atoms with Crippen LogP contribution in [0.15, 0.2) is 449 Å². The summed E-state index contributed by atoms with van der Waals surface area (Å²) in [6.45, 7) is 2.06. The van der Waals surface area contributed by atoms with E-state index in [-0.39, 0.29) is 0 Å². The molecule has 0 aliphatic heterocycles. The number of hydrogen-bond donors (Lipinski definition) is 0. The number of ether oxygens (including phenoxy) is 1. The van der Waals surface area contributed by atoms with Gasteiger partial charge in [-0.2, -0.15) is 29.9 Å². The predicted octanol–water partition coefficient (Wildman–Crippen LogP) is 33.1. The molecule has 674 valence electrons. The van der Waals surface area contributed by atoms with Crippen molar-refractivity contribution in [1.29, 1.82) is 0 Å². The molecule has 0 atom stereocenters. The van der Waals surface area contributed by atoms with Gasteiger partial charge in [-0.25, -0.2) is 15.0 Å². The number of hydrogen-bond acceptors (Lipinski definition) is 14. The third-order valence-electron chi connectivity index (χ3n) is 26.6. The van der Waals surface area contributed by atoms with Gasteiger partial charge in [0.1, 0.15) is 5.75 Å². The van der Waals surface area contributed by atoms with Crippen molar-refractivity contribution in [3.8, 4) is 137 Å². The number of methoxy groups -OCH3 is 1. The van der Waals surface area contributed by atoms with E-state index in [1.54, 1.807) is 7.11 Å². The molecule has 0 saturated heterocycles. The summed E-state index contributed by atoms with van der Waals surface area (Å²) in [7, 11) is 1.71. The highest BCUT2D eigenvalue weighted by Gasteiger charge is 2.29. The maximum Gasteiger partial charge on any atom is 0.238 e. The third-order valence-corrected chi connectivity index (χ3v) is 30.2. The molecular weight excluding hydrogens is 1810 g/mol. The van der Waals surface area contributed by atoms with Gasteiger partial charge in [0.05, 0.1) is 45.9 Å². The summed E-state index contributed by atoms with van der Waals surface area (Å²) >= 11 is 5.51. The summed E-state index contributed by atoms with van der Waals surface area (Å²) < 4.78 is 19.9. The quantitative estimate of drug-likeness (QED) is 0.0964.